The van der Waals surface area contributed by atoms with Gasteiger partial charge in [0, 0.05) is 10.3 Å². The molecule has 1 aliphatic rings. The summed E-state index contributed by atoms with van der Waals surface area (Å²) in [5, 5.41) is 13.2. The zero-order chi connectivity index (χ0) is 21.1. The molecule has 158 valence electrons. The van der Waals surface area contributed by atoms with Gasteiger partial charge in [0.2, 0.25) is 5.91 Å². The first kappa shape index (κ1) is 20.7. The Labute approximate surface area is 182 Å². The molecular formula is C20H22ClN5O3S. The Morgan fingerprint density at radius 3 is 2.80 bits per heavy atom. The van der Waals surface area contributed by atoms with E-state index in [9.17, 15) is 9.59 Å². The molecule has 0 atom stereocenters. The molecule has 2 heterocycles. The van der Waals surface area contributed by atoms with E-state index in [0.717, 1.165) is 9.71 Å². The predicted octanol–water partition coefficient (Wildman–Crippen LogP) is 3.62. The molecule has 2 aromatic heterocycles. The number of benzene rings is 1. The fourth-order valence-corrected chi connectivity index (χ4v) is 4.87. The number of fused-ring (bicyclic) bond motifs is 1. The Morgan fingerprint density at radius 1 is 1.23 bits per heavy atom. The van der Waals surface area contributed by atoms with Crippen LogP contribution in [0, 0.1) is 0 Å². The zero-order valence-electron chi connectivity index (χ0n) is 16.5. The molecule has 1 fully saturated rings. The lowest BCUT2D eigenvalue weighted by Gasteiger charge is -2.20. The highest BCUT2D eigenvalue weighted by molar-refractivity contribution is 7.99. The standard InChI is InChI=1S/C20H22ClN5O3S/c1-29-16-8-7-13(21)11-15(16)22-18(27)12-25-20(28)26-17(23-25)9-10-19(24-26)30-14-5-3-2-4-6-14/h7-11,14H,2-6,12H2,1H3,(H,22,27). The Morgan fingerprint density at radius 2 is 2.03 bits per heavy atom. The van der Waals surface area contributed by atoms with Crippen molar-refractivity contribution in [1.29, 1.82) is 0 Å². The van der Waals surface area contributed by atoms with E-state index in [-0.39, 0.29) is 6.54 Å². The molecule has 1 N–H and O–H groups in total. The Balaban J connectivity index is 1.50. The number of hydrogen-bond donors (Lipinski definition) is 1. The lowest BCUT2D eigenvalue weighted by molar-refractivity contribution is -0.117. The number of carbonyl (C=O) groups excluding carboxylic acids is 1. The summed E-state index contributed by atoms with van der Waals surface area (Å²) in [5.74, 6) is 0.0546. The van der Waals surface area contributed by atoms with Crippen LogP contribution < -0.4 is 15.7 Å². The molecule has 0 bridgehead atoms. The van der Waals surface area contributed by atoms with Gasteiger partial charge in [-0.1, -0.05) is 30.9 Å². The quantitative estimate of drug-likeness (QED) is 0.620. The maximum absolute atomic E-state index is 12.7. The number of methoxy groups -OCH3 is 1. The second-order valence-electron chi connectivity index (χ2n) is 7.15. The molecule has 30 heavy (non-hydrogen) atoms. The fraction of sp³-hybridized carbons (Fsp3) is 0.400. The van der Waals surface area contributed by atoms with Crippen molar-refractivity contribution >= 4 is 40.6 Å². The van der Waals surface area contributed by atoms with E-state index in [2.05, 4.69) is 15.5 Å². The summed E-state index contributed by atoms with van der Waals surface area (Å²) in [7, 11) is 1.50. The highest BCUT2D eigenvalue weighted by Crippen LogP contribution is 2.32. The van der Waals surface area contributed by atoms with Crippen LogP contribution in [-0.4, -0.2) is 37.7 Å². The number of halogens is 1. The van der Waals surface area contributed by atoms with Gasteiger partial charge >= 0.3 is 5.69 Å². The molecule has 0 unspecified atom stereocenters. The van der Waals surface area contributed by atoms with E-state index in [1.54, 1.807) is 36.0 Å². The van der Waals surface area contributed by atoms with E-state index in [4.69, 9.17) is 16.3 Å². The van der Waals surface area contributed by atoms with Crippen LogP contribution in [-0.2, 0) is 11.3 Å². The van der Waals surface area contributed by atoms with Crippen LogP contribution >= 0.6 is 23.4 Å². The smallest absolute Gasteiger partial charge is 0.367 e. The van der Waals surface area contributed by atoms with Crippen molar-refractivity contribution < 1.29 is 9.53 Å². The topological polar surface area (TPSA) is 90.5 Å². The second-order valence-corrected chi connectivity index (χ2v) is 8.91. The molecular weight excluding hydrogens is 426 g/mol. The molecule has 0 aliphatic heterocycles. The van der Waals surface area contributed by atoms with Gasteiger partial charge in [-0.3, -0.25) is 4.79 Å². The first-order chi connectivity index (χ1) is 14.5. The maximum Gasteiger partial charge on any atom is 0.367 e. The SMILES string of the molecule is COc1ccc(Cl)cc1NC(=O)Cn1nc2ccc(SC3CCCCC3)nn2c1=O. The summed E-state index contributed by atoms with van der Waals surface area (Å²) >= 11 is 7.70. The van der Waals surface area contributed by atoms with Crippen LogP contribution in [0.3, 0.4) is 0 Å². The van der Waals surface area contributed by atoms with Crippen molar-refractivity contribution in [2.75, 3.05) is 12.4 Å². The normalized spacial score (nSPS) is 14.7. The van der Waals surface area contributed by atoms with Crippen LogP contribution in [0.15, 0.2) is 40.2 Å². The van der Waals surface area contributed by atoms with Crippen LogP contribution in [0.25, 0.3) is 5.65 Å². The van der Waals surface area contributed by atoms with Gasteiger partial charge in [0.15, 0.2) is 5.65 Å². The molecule has 0 spiro atoms. The van der Waals surface area contributed by atoms with Crippen molar-refractivity contribution in [3.63, 3.8) is 0 Å². The summed E-state index contributed by atoms with van der Waals surface area (Å²) in [4.78, 5) is 25.2. The van der Waals surface area contributed by atoms with Gasteiger partial charge in [0.1, 0.15) is 17.3 Å². The monoisotopic (exact) mass is 447 g/mol. The van der Waals surface area contributed by atoms with Crippen LogP contribution in [0.1, 0.15) is 32.1 Å². The summed E-state index contributed by atoms with van der Waals surface area (Å²) in [6.45, 7) is -0.247. The van der Waals surface area contributed by atoms with E-state index in [1.807, 2.05) is 6.07 Å². The second kappa shape index (κ2) is 9.09. The number of anilines is 1. The van der Waals surface area contributed by atoms with Crippen molar-refractivity contribution in [2.45, 2.75) is 48.9 Å². The molecule has 0 radical (unpaired) electrons. The van der Waals surface area contributed by atoms with Gasteiger partial charge in [0.25, 0.3) is 0 Å². The lowest BCUT2D eigenvalue weighted by Crippen LogP contribution is -2.29. The third-order valence-corrected chi connectivity index (χ3v) is 6.48. The van der Waals surface area contributed by atoms with Gasteiger partial charge in [-0.15, -0.1) is 16.9 Å². The molecule has 1 amide bonds. The number of nitrogens with zero attached hydrogens (tertiary/aromatic N) is 4. The van der Waals surface area contributed by atoms with Crippen LogP contribution in [0.4, 0.5) is 5.69 Å². The van der Waals surface area contributed by atoms with Crippen molar-refractivity contribution in [2.24, 2.45) is 0 Å². The highest BCUT2D eigenvalue weighted by atomic mass is 35.5. The first-order valence-electron chi connectivity index (χ1n) is 9.80. The maximum atomic E-state index is 12.7. The summed E-state index contributed by atoms with van der Waals surface area (Å²) in [5.41, 5.74) is 0.376. The number of amides is 1. The molecule has 1 aromatic carbocycles. The van der Waals surface area contributed by atoms with Gasteiger partial charge in [-0.25, -0.2) is 9.48 Å². The van der Waals surface area contributed by atoms with E-state index >= 15 is 0 Å². The van der Waals surface area contributed by atoms with E-state index < -0.39 is 11.6 Å². The number of carbonyl (C=O) groups is 1. The largest absolute Gasteiger partial charge is 0.495 e. The minimum absolute atomic E-state index is 0.247. The van der Waals surface area contributed by atoms with Gasteiger partial charge in [0.05, 0.1) is 12.8 Å². The van der Waals surface area contributed by atoms with Gasteiger partial charge in [-0.2, -0.15) is 9.61 Å². The number of nitrogens with one attached hydrogen (secondary N) is 1. The molecule has 8 nitrogen and oxygen atoms in total. The number of rotatable bonds is 6. The minimum atomic E-state index is -0.454. The van der Waals surface area contributed by atoms with E-state index in [0.29, 0.717) is 27.4 Å². The summed E-state index contributed by atoms with van der Waals surface area (Å²) < 4.78 is 7.57. The minimum Gasteiger partial charge on any atom is -0.495 e. The fourth-order valence-electron chi connectivity index (χ4n) is 3.52. The summed E-state index contributed by atoms with van der Waals surface area (Å²) in [6.07, 6.45) is 6.12. The predicted molar refractivity (Wildman–Crippen MR) is 117 cm³/mol. The van der Waals surface area contributed by atoms with E-state index in [1.165, 1.54) is 43.7 Å². The van der Waals surface area contributed by atoms with Crippen molar-refractivity contribution in [1.82, 2.24) is 19.4 Å². The number of thioether (sulfide) groups is 1. The molecule has 1 saturated carbocycles. The van der Waals surface area contributed by atoms with Crippen LogP contribution in [0.5, 0.6) is 5.75 Å². The van der Waals surface area contributed by atoms with Gasteiger partial charge < -0.3 is 10.1 Å². The average Bonchev–Trinajstić information content (AvgIpc) is 3.04. The molecule has 4 rings (SSSR count). The van der Waals surface area contributed by atoms with Crippen molar-refractivity contribution in [3.05, 3.63) is 45.8 Å². The Hall–Kier alpha value is -2.52. The van der Waals surface area contributed by atoms with Crippen LogP contribution in [0.2, 0.25) is 5.02 Å². The summed E-state index contributed by atoms with van der Waals surface area (Å²) in [6, 6.07) is 8.54. The number of hydrogen-bond acceptors (Lipinski definition) is 6. The zero-order valence-corrected chi connectivity index (χ0v) is 18.1. The third kappa shape index (κ3) is 4.62. The Kier molecular flexibility index (Phi) is 6.29. The lowest BCUT2D eigenvalue weighted by atomic mass is 10.0. The molecule has 3 aromatic rings. The average molecular weight is 448 g/mol. The first-order valence-corrected chi connectivity index (χ1v) is 11.1. The third-order valence-electron chi connectivity index (χ3n) is 4.98. The van der Waals surface area contributed by atoms with Crippen molar-refractivity contribution in [3.8, 4) is 5.75 Å². The molecule has 0 saturated heterocycles. The highest BCUT2D eigenvalue weighted by Gasteiger charge is 2.18. The number of aromatic nitrogens is 4. The van der Waals surface area contributed by atoms with Gasteiger partial charge in [-0.05, 0) is 43.2 Å². The number of ether oxygens (including phenoxy) is 1. The molecule has 1 aliphatic carbocycles. The Bertz CT molecular complexity index is 1120. The molecule has 10 heteroatoms.